The molecule has 6 nitrogen and oxygen atoms in total. The summed E-state index contributed by atoms with van der Waals surface area (Å²) < 4.78 is 6.97. The number of carbonyl (C=O) groups is 1. The minimum atomic E-state index is -0.401. The minimum Gasteiger partial charge on any atom is -0.355 e. The number of anilines is 1. The summed E-state index contributed by atoms with van der Waals surface area (Å²) in [5, 5.41) is 12.0. The fraction of sp³-hybridized carbons (Fsp3) is 0.0952. The summed E-state index contributed by atoms with van der Waals surface area (Å²) in [6, 6.07) is 16.4. The molecule has 29 heavy (non-hydrogen) atoms. The molecule has 146 valence electrons. The van der Waals surface area contributed by atoms with Crippen molar-refractivity contribution in [3.05, 3.63) is 87.7 Å². The van der Waals surface area contributed by atoms with Crippen LogP contribution in [0.25, 0.3) is 11.3 Å². The van der Waals surface area contributed by atoms with Crippen molar-refractivity contribution in [1.82, 2.24) is 14.9 Å². The van der Waals surface area contributed by atoms with Crippen LogP contribution in [0.5, 0.6) is 0 Å². The van der Waals surface area contributed by atoms with Crippen LogP contribution in [0.15, 0.2) is 65.3 Å². The molecule has 4 aromatic rings. The van der Waals surface area contributed by atoms with Crippen molar-refractivity contribution < 1.29 is 9.32 Å². The molecule has 0 radical (unpaired) electrons. The molecule has 8 heteroatoms. The third-order valence-electron chi connectivity index (χ3n) is 4.31. The molecule has 0 spiro atoms. The summed E-state index contributed by atoms with van der Waals surface area (Å²) in [4.78, 5) is 12.5. The molecule has 0 saturated heterocycles. The summed E-state index contributed by atoms with van der Waals surface area (Å²) in [6.07, 6.45) is 1.75. The largest absolute Gasteiger partial charge is 0.355 e. The predicted molar refractivity (Wildman–Crippen MR) is 112 cm³/mol. The molecule has 0 aliphatic rings. The van der Waals surface area contributed by atoms with Crippen LogP contribution in [-0.2, 0) is 6.54 Å². The number of benzene rings is 2. The normalized spacial score (nSPS) is 10.9. The van der Waals surface area contributed by atoms with Crippen LogP contribution in [0.2, 0.25) is 10.0 Å². The molecule has 2 heterocycles. The second-order valence-electron chi connectivity index (χ2n) is 6.53. The second kappa shape index (κ2) is 8.11. The Kier molecular flexibility index (Phi) is 5.38. The van der Waals surface area contributed by atoms with Gasteiger partial charge in [0.15, 0.2) is 17.3 Å². The van der Waals surface area contributed by atoms with E-state index in [1.165, 1.54) is 0 Å². The lowest BCUT2D eigenvalue weighted by Gasteiger charge is -2.05. The highest BCUT2D eigenvalue weighted by molar-refractivity contribution is 6.35. The molecule has 0 aliphatic heterocycles. The number of hydrogen-bond acceptors (Lipinski definition) is 4. The number of carbonyl (C=O) groups excluding carboxylic acids is 1. The van der Waals surface area contributed by atoms with E-state index in [0.29, 0.717) is 28.2 Å². The summed E-state index contributed by atoms with van der Waals surface area (Å²) in [7, 11) is 0. The van der Waals surface area contributed by atoms with E-state index < -0.39 is 5.91 Å². The molecule has 1 amide bonds. The van der Waals surface area contributed by atoms with E-state index in [9.17, 15) is 4.79 Å². The van der Waals surface area contributed by atoms with E-state index in [1.807, 2.05) is 37.3 Å². The van der Waals surface area contributed by atoms with Gasteiger partial charge in [-0.1, -0.05) is 64.3 Å². The van der Waals surface area contributed by atoms with Crippen molar-refractivity contribution in [2.24, 2.45) is 0 Å². The number of amides is 1. The van der Waals surface area contributed by atoms with E-state index >= 15 is 0 Å². The molecule has 2 aromatic heterocycles. The second-order valence-corrected chi connectivity index (χ2v) is 7.37. The quantitative estimate of drug-likeness (QED) is 0.460. The first-order valence-corrected chi connectivity index (χ1v) is 9.56. The Morgan fingerprint density at radius 3 is 2.66 bits per heavy atom. The lowest BCUT2D eigenvalue weighted by molar-refractivity contribution is 0.101. The first-order chi connectivity index (χ1) is 14.0. The first kappa shape index (κ1) is 19.2. The van der Waals surface area contributed by atoms with Gasteiger partial charge in [-0.2, -0.15) is 5.10 Å². The highest BCUT2D eigenvalue weighted by Crippen LogP contribution is 2.23. The van der Waals surface area contributed by atoms with Gasteiger partial charge >= 0.3 is 0 Å². The van der Waals surface area contributed by atoms with Crippen molar-refractivity contribution in [2.45, 2.75) is 13.5 Å². The smallest absolute Gasteiger partial charge is 0.279 e. The van der Waals surface area contributed by atoms with Crippen LogP contribution in [0.3, 0.4) is 0 Å². The number of hydrogen-bond donors (Lipinski definition) is 1. The summed E-state index contributed by atoms with van der Waals surface area (Å²) in [6.45, 7) is 2.45. The molecular weight excluding hydrogens is 411 g/mol. The monoisotopic (exact) mass is 426 g/mol. The van der Waals surface area contributed by atoms with Crippen LogP contribution in [0, 0.1) is 6.92 Å². The van der Waals surface area contributed by atoms with Gasteiger partial charge in [-0.15, -0.1) is 0 Å². The Balaban J connectivity index is 1.43. The molecule has 0 bridgehead atoms. The Hall–Kier alpha value is -3.09. The zero-order chi connectivity index (χ0) is 20.4. The predicted octanol–water partition coefficient (Wildman–Crippen LogP) is 5.45. The molecule has 1 N–H and O–H groups in total. The molecule has 0 unspecified atom stereocenters. The van der Waals surface area contributed by atoms with E-state index in [1.54, 1.807) is 35.1 Å². The number of nitrogens with zero attached hydrogens (tertiary/aromatic N) is 3. The molecule has 2 aromatic carbocycles. The van der Waals surface area contributed by atoms with Gasteiger partial charge in [0.25, 0.3) is 5.91 Å². The van der Waals surface area contributed by atoms with Gasteiger partial charge in [0.2, 0.25) is 0 Å². The van der Waals surface area contributed by atoms with Crippen LogP contribution in [0.1, 0.15) is 21.6 Å². The van der Waals surface area contributed by atoms with Gasteiger partial charge in [0.05, 0.1) is 6.54 Å². The van der Waals surface area contributed by atoms with Crippen molar-refractivity contribution in [2.75, 3.05) is 5.32 Å². The maximum atomic E-state index is 12.5. The first-order valence-electron chi connectivity index (χ1n) is 8.80. The Bertz CT molecular complexity index is 1170. The summed E-state index contributed by atoms with van der Waals surface area (Å²) >= 11 is 12.1. The standard InChI is InChI=1S/C21H16Cl2N4O2/c1-13-2-4-14(5-3-13)19-11-18(26-29-19)21(28)24-20-8-9-27(25-20)12-15-6-7-16(22)10-17(15)23/h2-11H,12H2,1H3,(H,24,25,28). The fourth-order valence-electron chi connectivity index (χ4n) is 2.76. The molecule has 0 fully saturated rings. The molecule has 0 saturated carbocycles. The van der Waals surface area contributed by atoms with Crippen LogP contribution in [-0.4, -0.2) is 20.8 Å². The number of aryl methyl sites for hydroxylation is 1. The maximum absolute atomic E-state index is 12.5. The van der Waals surface area contributed by atoms with E-state index in [2.05, 4.69) is 15.6 Å². The molecule has 0 atom stereocenters. The third-order valence-corrected chi connectivity index (χ3v) is 4.90. The van der Waals surface area contributed by atoms with E-state index in [0.717, 1.165) is 16.7 Å². The zero-order valence-electron chi connectivity index (χ0n) is 15.4. The van der Waals surface area contributed by atoms with Crippen molar-refractivity contribution in [1.29, 1.82) is 0 Å². The average molecular weight is 427 g/mol. The van der Waals surface area contributed by atoms with Crippen molar-refractivity contribution >= 4 is 34.9 Å². The zero-order valence-corrected chi connectivity index (χ0v) is 16.9. The number of rotatable bonds is 5. The van der Waals surface area contributed by atoms with Gasteiger partial charge in [-0.25, -0.2) is 0 Å². The lowest BCUT2D eigenvalue weighted by Crippen LogP contribution is -2.13. The minimum absolute atomic E-state index is 0.177. The SMILES string of the molecule is Cc1ccc(-c2cc(C(=O)Nc3ccn(Cc4ccc(Cl)cc4Cl)n3)no2)cc1. The Morgan fingerprint density at radius 1 is 1.10 bits per heavy atom. The summed E-state index contributed by atoms with van der Waals surface area (Å²) in [5.74, 6) is 0.528. The average Bonchev–Trinajstić information content (AvgIpc) is 3.34. The lowest BCUT2D eigenvalue weighted by atomic mass is 10.1. The van der Waals surface area contributed by atoms with Crippen molar-refractivity contribution in [3.63, 3.8) is 0 Å². The molecule has 0 aliphatic carbocycles. The van der Waals surface area contributed by atoms with Gasteiger partial charge in [-0.3, -0.25) is 9.48 Å². The van der Waals surface area contributed by atoms with Crippen LogP contribution >= 0.6 is 23.2 Å². The third kappa shape index (κ3) is 4.50. The van der Waals surface area contributed by atoms with Gasteiger partial charge in [0.1, 0.15) is 0 Å². The van der Waals surface area contributed by atoms with E-state index in [4.69, 9.17) is 27.7 Å². The number of aromatic nitrogens is 3. The number of nitrogens with one attached hydrogen (secondary N) is 1. The number of halogens is 2. The van der Waals surface area contributed by atoms with Gasteiger partial charge < -0.3 is 9.84 Å². The van der Waals surface area contributed by atoms with Crippen molar-refractivity contribution in [3.8, 4) is 11.3 Å². The highest BCUT2D eigenvalue weighted by atomic mass is 35.5. The Morgan fingerprint density at radius 2 is 1.90 bits per heavy atom. The maximum Gasteiger partial charge on any atom is 0.279 e. The van der Waals surface area contributed by atoms with Gasteiger partial charge in [0, 0.05) is 33.9 Å². The van der Waals surface area contributed by atoms with Crippen LogP contribution < -0.4 is 5.32 Å². The highest BCUT2D eigenvalue weighted by Gasteiger charge is 2.15. The van der Waals surface area contributed by atoms with Crippen LogP contribution in [0.4, 0.5) is 5.82 Å². The Labute approximate surface area is 177 Å². The van der Waals surface area contributed by atoms with Gasteiger partial charge in [-0.05, 0) is 24.6 Å². The topological polar surface area (TPSA) is 73.0 Å². The fourth-order valence-corrected chi connectivity index (χ4v) is 3.23. The molecule has 4 rings (SSSR count). The summed E-state index contributed by atoms with van der Waals surface area (Å²) in [5.41, 5.74) is 3.04. The van der Waals surface area contributed by atoms with E-state index in [-0.39, 0.29) is 5.69 Å². The molecular formula is C21H16Cl2N4O2.